The molecule has 0 aliphatic carbocycles. The Bertz CT molecular complexity index is 302. The summed E-state index contributed by atoms with van der Waals surface area (Å²) >= 11 is 0. The smallest absolute Gasteiger partial charge is 0.0828 e. The fraction of sp³-hybridized carbons (Fsp3) is 0.846. The van der Waals surface area contributed by atoms with Crippen LogP contribution in [0.25, 0.3) is 0 Å². The largest absolute Gasteiger partial charge is 0.249 e. The van der Waals surface area contributed by atoms with E-state index in [1.54, 1.807) is 0 Å². The monoisotopic (exact) mass is 223 g/mol. The van der Waals surface area contributed by atoms with Crippen LogP contribution in [-0.4, -0.2) is 15.0 Å². The highest BCUT2D eigenvalue weighted by Gasteiger charge is 2.10. The van der Waals surface area contributed by atoms with Gasteiger partial charge in [-0.1, -0.05) is 45.2 Å². The van der Waals surface area contributed by atoms with Crippen LogP contribution in [-0.2, 0) is 13.0 Å². The van der Waals surface area contributed by atoms with Crippen molar-refractivity contribution in [2.24, 2.45) is 5.92 Å². The highest BCUT2D eigenvalue weighted by Crippen LogP contribution is 2.12. The summed E-state index contributed by atoms with van der Waals surface area (Å²) in [6, 6.07) is 0. The molecule has 1 rings (SSSR count). The molecule has 0 aliphatic rings. The second kappa shape index (κ2) is 6.66. The molecule has 0 saturated carbocycles. The van der Waals surface area contributed by atoms with Crippen LogP contribution in [0.15, 0.2) is 0 Å². The van der Waals surface area contributed by atoms with Gasteiger partial charge < -0.3 is 0 Å². The van der Waals surface area contributed by atoms with Crippen LogP contribution < -0.4 is 0 Å². The molecule has 0 spiro atoms. The second-order valence-electron chi connectivity index (χ2n) is 5.00. The van der Waals surface area contributed by atoms with Crippen LogP contribution in [0, 0.1) is 12.8 Å². The summed E-state index contributed by atoms with van der Waals surface area (Å²) < 4.78 is 2.10. The van der Waals surface area contributed by atoms with Gasteiger partial charge in [-0.05, 0) is 25.7 Å². The number of rotatable bonds is 7. The molecule has 0 aliphatic heterocycles. The molecule has 1 aromatic heterocycles. The number of nitrogens with zero attached hydrogens (tertiary/aromatic N) is 3. The van der Waals surface area contributed by atoms with Gasteiger partial charge in [0.15, 0.2) is 0 Å². The van der Waals surface area contributed by atoms with Crippen LogP contribution >= 0.6 is 0 Å². The van der Waals surface area contributed by atoms with Gasteiger partial charge in [-0.25, -0.2) is 4.68 Å². The molecule has 0 aromatic carbocycles. The number of hydrogen-bond donors (Lipinski definition) is 0. The number of unbranched alkanes of at least 4 members (excludes halogenated alkanes) is 3. The van der Waals surface area contributed by atoms with E-state index in [0.717, 1.165) is 18.7 Å². The molecule has 0 saturated heterocycles. The van der Waals surface area contributed by atoms with Gasteiger partial charge in [0.2, 0.25) is 0 Å². The fourth-order valence-corrected chi connectivity index (χ4v) is 1.93. The number of aromatic nitrogens is 3. The molecule has 16 heavy (non-hydrogen) atoms. The van der Waals surface area contributed by atoms with Gasteiger partial charge in [-0.15, -0.1) is 5.10 Å². The second-order valence-corrected chi connectivity index (χ2v) is 5.00. The van der Waals surface area contributed by atoms with Crippen LogP contribution in [0.5, 0.6) is 0 Å². The summed E-state index contributed by atoms with van der Waals surface area (Å²) in [4.78, 5) is 0. The van der Waals surface area contributed by atoms with E-state index >= 15 is 0 Å². The molecule has 1 aromatic rings. The predicted octanol–water partition coefficient (Wildman–Crippen LogP) is 3.37. The van der Waals surface area contributed by atoms with Gasteiger partial charge in [0, 0.05) is 6.54 Å². The first-order chi connectivity index (χ1) is 7.65. The van der Waals surface area contributed by atoms with Crippen molar-refractivity contribution in [3.05, 3.63) is 11.4 Å². The third-order valence-corrected chi connectivity index (χ3v) is 2.86. The molecule has 0 bridgehead atoms. The minimum atomic E-state index is 0.673. The third kappa shape index (κ3) is 3.95. The summed E-state index contributed by atoms with van der Waals surface area (Å²) in [5.41, 5.74) is 2.43. The van der Waals surface area contributed by atoms with Gasteiger partial charge in [0.25, 0.3) is 0 Å². The third-order valence-electron chi connectivity index (χ3n) is 2.86. The SMILES string of the molecule is CCCCCCn1nnc(C)c1CC(C)C. The van der Waals surface area contributed by atoms with Gasteiger partial charge in [0.05, 0.1) is 11.4 Å². The van der Waals surface area contributed by atoms with Gasteiger partial charge in [-0.3, -0.25) is 0 Å². The van der Waals surface area contributed by atoms with Gasteiger partial charge in [-0.2, -0.15) is 0 Å². The Morgan fingerprint density at radius 1 is 1.19 bits per heavy atom. The molecular formula is C13H25N3. The van der Waals surface area contributed by atoms with Crippen molar-refractivity contribution in [2.45, 2.75) is 66.3 Å². The van der Waals surface area contributed by atoms with E-state index in [2.05, 4.69) is 42.7 Å². The van der Waals surface area contributed by atoms with Crippen LogP contribution in [0.3, 0.4) is 0 Å². The Labute approximate surface area is 99.2 Å². The summed E-state index contributed by atoms with van der Waals surface area (Å²) in [6.07, 6.45) is 6.23. The zero-order chi connectivity index (χ0) is 12.0. The molecule has 3 nitrogen and oxygen atoms in total. The Kier molecular flexibility index (Phi) is 5.50. The molecule has 0 radical (unpaired) electrons. The standard InChI is InChI=1S/C13H25N3/c1-5-6-7-8-9-16-13(10-11(2)3)12(4)14-15-16/h11H,5-10H2,1-4H3. The van der Waals surface area contributed by atoms with Crippen LogP contribution in [0.1, 0.15) is 57.8 Å². The lowest BCUT2D eigenvalue weighted by Gasteiger charge is -2.08. The van der Waals surface area contributed by atoms with E-state index < -0.39 is 0 Å². The van der Waals surface area contributed by atoms with Crippen molar-refractivity contribution in [3.63, 3.8) is 0 Å². The lowest BCUT2D eigenvalue weighted by Crippen LogP contribution is -2.08. The minimum absolute atomic E-state index is 0.673. The van der Waals surface area contributed by atoms with Gasteiger partial charge >= 0.3 is 0 Å². The van der Waals surface area contributed by atoms with E-state index in [-0.39, 0.29) is 0 Å². The topological polar surface area (TPSA) is 30.7 Å². The zero-order valence-electron chi connectivity index (χ0n) is 11.2. The van der Waals surface area contributed by atoms with Crippen molar-refractivity contribution in [2.75, 3.05) is 0 Å². The molecule has 0 amide bonds. The molecule has 0 unspecified atom stereocenters. The fourth-order valence-electron chi connectivity index (χ4n) is 1.93. The summed E-state index contributed by atoms with van der Waals surface area (Å²) in [5, 5.41) is 8.41. The quantitative estimate of drug-likeness (QED) is 0.664. The van der Waals surface area contributed by atoms with Crippen molar-refractivity contribution in [1.82, 2.24) is 15.0 Å². The summed E-state index contributed by atoms with van der Waals surface area (Å²) in [5.74, 6) is 0.673. The van der Waals surface area contributed by atoms with Crippen molar-refractivity contribution >= 4 is 0 Å². The lowest BCUT2D eigenvalue weighted by molar-refractivity contribution is 0.495. The van der Waals surface area contributed by atoms with E-state index in [9.17, 15) is 0 Å². The Morgan fingerprint density at radius 3 is 2.56 bits per heavy atom. The molecule has 0 atom stereocenters. The molecule has 1 heterocycles. The van der Waals surface area contributed by atoms with E-state index in [0.29, 0.717) is 5.92 Å². The minimum Gasteiger partial charge on any atom is -0.249 e. The Morgan fingerprint density at radius 2 is 1.94 bits per heavy atom. The normalized spacial score (nSPS) is 11.3. The molecule has 3 heteroatoms. The summed E-state index contributed by atoms with van der Waals surface area (Å²) in [7, 11) is 0. The van der Waals surface area contributed by atoms with Crippen molar-refractivity contribution in [3.8, 4) is 0 Å². The molecule has 92 valence electrons. The zero-order valence-corrected chi connectivity index (χ0v) is 11.2. The van der Waals surface area contributed by atoms with Crippen LogP contribution in [0.4, 0.5) is 0 Å². The number of hydrogen-bond acceptors (Lipinski definition) is 2. The Hall–Kier alpha value is -0.860. The molecule has 0 fully saturated rings. The van der Waals surface area contributed by atoms with Gasteiger partial charge in [0.1, 0.15) is 0 Å². The molecular weight excluding hydrogens is 198 g/mol. The lowest BCUT2D eigenvalue weighted by atomic mass is 10.1. The number of aryl methyl sites for hydroxylation is 2. The maximum Gasteiger partial charge on any atom is 0.0828 e. The van der Waals surface area contributed by atoms with E-state index in [4.69, 9.17) is 0 Å². The molecule has 0 N–H and O–H groups in total. The average Bonchev–Trinajstić information content (AvgIpc) is 2.56. The average molecular weight is 223 g/mol. The van der Waals surface area contributed by atoms with Crippen molar-refractivity contribution in [1.29, 1.82) is 0 Å². The highest BCUT2D eigenvalue weighted by molar-refractivity contribution is 5.08. The first kappa shape index (κ1) is 13.2. The highest BCUT2D eigenvalue weighted by atomic mass is 15.4. The summed E-state index contributed by atoms with van der Waals surface area (Å²) in [6.45, 7) is 9.82. The predicted molar refractivity (Wildman–Crippen MR) is 67.4 cm³/mol. The maximum absolute atomic E-state index is 4.23. The first-order valence-electron chi connectivity index (χ1n) is 6.54. The maximum atomic E-state index is 4.23. The van der Waals surface area contributed by atoms with Crippen LogP contribution in [0.2, 0.25) is 0 Å². The van der Waals surface area contributed by atoms with Crippen molar-refractivity contribution < 1.29 is 0 Å². The Balaban J connectivity index is 2.51. The van der Waals surface area contributed by atoms with E-state index in [1.807, 2.05) is 0 Å². The van der Waals surface area contributed by atoms with E-state index in [1.165, 1.54) is 31.4 Å². The first-order valence-corrected chi connectivity index (χ1v) is 6.54.